The molecule has 0 N–H and O–H groups in total. The summed E-state index contributed by atoms with van der Waals surface area (Å²) in [6.07, 6.45) is 6.58. The molecule has 1 nitrogen and oxygen atoms in total. The summed E-state index contributed by atoms with van der Waals surface area (Å²) in [7, 11) is 0. The molecule has 104 valence electrons. The van der Waals surface area contributed by atoms with E-state index in [9.17, 15) is 0 Å². The van der Waals surface area contributed by atoms with Gasteiger partial charge in [0.15, 0.2) is 0 Å². The van der Waals surface area contributed by atoms with Gasteiger partial charge in [0.1, 0.15) is 0 Å². The van der Waals surface area contributed by atoms with Crippen LogP contribution in [0.1, 0.15) is 30.9 Å². The fraction of sp³-hybridized carbons (Fsp3) is 0.150. The Labute approximate surface area is 126 Å². The average molecular weight is 273 g/mol. The number of para-hydroxylation sites is 1. The van der Waals surface area contributed by atoms with Gasteiger partial charge in [-0.15, -0.1) is 0 Å². The molecule has 3 rings (SSSR count). The van der Waals surface area contributed by atoms with Gasteiger partial charge >= 0.3 is 0 Å². The van der Waals surface area contributed by atoms with E-state index < -0.39 is 0 Å². The van der Waals surface area contributed by atoms with Crippen LogP contribution in [-0.2, 0) is 0 Å². The lowest BCUT2D eigenvalue weighted by atomic mass is 9.89. The van der Waals surface area contributed by atoms with Crippen LogP contribution in [-0.4, -0.2) is 5.71 Å². The molecule has 2 aromatic rings. The molecule has 0 saturated carbocycles. The lowest BCUT2D eigenvalue weighted by Gasteiger charge is -2.16. The van der Waals surface area contributed by atoms with Gasteiger partial charge in [0, 0.05) is 11.6 Å². The van der Waals surface area contributed by atoms with Gasteiger partial charge in [-0.1, -0.05) is 66.3 Å². The summed E-state index contributed by atoms with van der Waals surface area (Å²) in [5.41, 5.74) is 6.00. The van der Waals surface area contributed by atoms with E-state index in [2.05, 4.69) is 56.3 Å². The monoisotopic (exact) mass is 273 g/mol. The Kier molecular flexibility index (Phi) is 3.83. The van der Waals surface area contributed by atoms with Crippen LogP contribution in [0.3, 0.4) is 0 Å². The maximum Gasteiger partial charge on any atom is 0.0633 e. The van der Waals surface area contributed by atoms with Crippen molar-refractivity contribution < 1.29 is 0 Å². The maximum atomic E-state index is 4.76. The van der Waals surface area contributed by atoms with E-state index >= 15 is 0 Å². The molecule has 0 heterocycles. The van der Waals surface area contributed by atoms with Crippen LogP contribution in [0.4, 0.5) is 5.69 Å². The number of allylic oxidation sites excluding steroid dienone is 4. The summed E-state index contributed by atoms with van der Waals surface area (Å²) < 4.78 is 0. The van der Waals surface area contributed by atoms with Gasteiger partial charge in [-0.3, -0.25) is 4.99 Å². The highest BCUT2D eigenvalue weighted by Crippen LogP contribution is 2.32. The maximum absolute atomic E-state index is 4.76. The molecule has 0 spiro atoms. The molecule has 0 amide bonds. The summed E-state index contributed by atoms with van der Waals surface area (Å²) in [5.74, 6) is 0.377. The smallest absolute Gasteiger partial charge is 0.0633 e. The Morgan fingerprint density at radius 2 is 1.67 bits per heavy atom. The zero-order valence-electron chi connectivity index (χ0n) is 12.5. The zero-order chi connectivity index (χ0) is 14.7. The van der Waals surface area contributed by atoms with E-state index in [4.69, 9.17) is 4.99 Å². The predicted octanol–water partition coefficient (Wildman–Crippen LogP) is 5.43. The van der Waals surface area contributed by atoms with Crippen LogP contribution in [0.5, 0.6) is 0 Å². The van der Waals surface area contributed by atoms with E-state index in [1.807, 2.05) is 30.3 Å². The number of hydrogen-bond donors (Lipinski definition) is 0. The Hall–Kier alpha value is -2.41. The third kappa shape index (κ3) is 2.87. The highest BCUT2D eigenvalue weighted by molar-refractivity contribution is 6.01. The summed E-state index contributed by atoms with van der Waals surface area (Å²) >= 11 is 0. The second-order valence-corrected chi connectivity index (χ2v) is 5.39. The highest BCUT2D eigenvalue weighted by atomic mass is 14.7. The Morgan fingerprint density at radius 1 is 0.952 bits per heavy atom. The van der Waals surface area contributed by atoms with Crippen molar-refractivity contribution in [1.29, 1.82) is 0 Å². The van der Waals surface area contributed by atoms with Gasteiger partial charge in [-0.25, -0.2) is 0 Å². The summed E-state index contributed by atoms with van der Waals surface area (Å²) in [5, 5.41) is 0. The molecule has 1 unspecified atom stereocenters. The van der Waals surface area contributed by atoms with Gasteiger partial charge in [0.25, 0.3) is 0 Å². The SMILES string of the molecule is CC1=CC=CC1c1ccccc1C(C)=Nc1ccccc1. The minimum Gasteiger partial charge on any atom is -0.253 e. The van der Waals surface area contributed by atoms with E-state index in [1.54, 1.807) is 0 Å². The zero-order valence-corrected chi connectivity index (χ0v) is 12.5. The van der Waals surface area contributed by atoms with Crippen molar-refractivity contribution in [2.24, 2.45) is 4.99 Å². The van der Waals surface area contributed by atoms with Gasteiger partial charge in [0.05, 0.1) is 5.69 Å². The number of hydrogen-bond acceptors (Lipinski definition) is 1. The van der Waals surface area contributed by atoms with E-state index in [-0.39, 0.29) is 0 Å². The summed E-state index contributed by atoms with van der Waals surface area (Å²) in [6.45, 7) is 4.27. The molecule has 0 fully saturated rings. The first kappa shape index (κ1) is 13.6. The molecule has 0 aromatic heterocycles. The van der Waals surface area contributed by atoms with Crippen LogP contribution in [0.25, 0.3) is 0 Å². The third-order valence-electron chi connectivity index (χ3n) is 3.89. The first-order chi connectivity index (χ1) is 10.3. The molecule has 2 aromatic carbocycles. The minimum atomic E-state index is 0.377. The standard InChI is InChI=1S/C20H19N/c1-15-9-8-14-18(15)20-13-7-6-12-19(20)16(2)21-17-10-4-3-5-11-17/h3-14,18H,1-2H3. The lowest BCUT2D eigenvalue weighted by molar-refractivity contribution is 1.01. The average Bonchev–Trinajstić information content (AvgIpc) is 2.94. The number of benzene rings is 2. The molecule has 0 saturated heterocycles. The third-order valence-corrected chi connectivity index (χ3v) is 3.89. The van der Waals surface area contributed by atoms with Crippen LogP contribution in [0.15, 0.2) is 83.4 Å². The molecular formula is C20H19N. The van der Waals surface area contributed by atoms with Crippen LogP contribution in [0, 0.1) is 0 Å². The van der Waals surface area contributed by atoms with Crippen molar-refractivity contribution in [3.8, 4) is 0 Å². The van der Waals surface area contributed by atoms with Crippen molar-refractivity contribution in [3.05, 3.63) is 89.5 Å². The molecular weight excluding hydrogens is 254 g/mol. The Morgan fingerprint density at radius 3 is 2.38 bits per heavy atom. The lowest BCUT2D eigenvalue weighted by Crippen LogP contribution is -2.04. The summed E-state index contributed by atoms with van der Waals surface area (Å²) in [6, 6.07) is 18.7. The molecule has 1 aliphatic rings. The fourth-order valence-corrected chi connectivity index (χ4v) is 2.78. The second kappa shape index (κ2) is 5.92. The Bertz CT molecular complexity index is 721. The molecule has 1 aliphatic carbocycles. The van der Waals surface area contributed by atoms with E-state index in [0.29, 0.717) is 5.92 Å². The van der Waals surface area contributed by atoms with Gasteiger partial charge in [-0.2, -0.15) is 0 Å². The van der Waals surface area contributed by atoms with Crippen LogP contribution < -0.4 is 0 Å². The fourth-order valence-electron chi connectivity index (χ4n) is 2.78. The number of rotatable bonds is 3. The molecule has 1 heteroatoms. The largest absolute Gasteiger partial charge is 0.253 e. The quantitative estimate of drug-likeness (QED) is 0.661. The van der Waals surface area contributed by atoms with Gasteiger partial charge in [0.2, 0.25) is 0 Å². The van der Waals surface area contributed by atoms with Crippen molar-refractivity contribution in [2.75, 3.05) is 0 Å². The second-order valence-electron chi connectivity index (χ2n) is 5.39. The number of aliphatic imine (C=N–C) groups is 1. The Balaban J connectivity index is 2.01. The van der Waals surface area contributed by atoms with Crippen molar-refractivity contribution in [3.63, 3.8) is 0 Å². The molecule has 1 atom stereocenters. The normalized spacial score (nSPS) is 17.9. The van der Waals surface area contributed by atoms with Gasteiger partial charge < -0.3 is 0 Å². The van der Waals surface area contributed by atoms with Crippen molar-refractivity contribution in [1.82, 2.24) is 0 Å². The van der Waals surface area contributed by atoms with Crippen molar-refractivity contribution in [2.45, 2.75) is 19.8 Å². The van der Waals surface area contributed by atoms with Gasteiger partial charge in [-0.05, 0) is 37.1 Å². The summed E-state index contributed by atoms with van der Waals surface area (Å²) in [4.78, 5) is 4.76. The van der Waals surface area contributed by atoms with Crippen molar-refractivity contribution >= 4 is 11.4 Å². The molecule has 21 heavy (non-hydrogen) atoms. The van der Waals surface area contributed by atoms with E-state index in [0.717, 1.165) is 11.4 Å². The first-order valence-corrected chi connectivity index (χ1v) is 7.30. The highest BCUT2D eigenvalue weighted by Gasteiger charge is 2.17. The first-order valence-electron chi connectivity index (χ1n) is 7.30. The van der Waals surface area contributed by atoms with E-state index in [1.165, 1.54) is 16.7 Å². The number of nitrogens with zero attached hydrogens (tertiary/aromatic N) is 1. The minimum absolute atomic E-state index is 0.377. The van der Waals surface area contributed by atoms with Crippen LogP contribution >= 0.6 is 0 Å². The molecule has 0 bridgehead atoms. The molecule has 0 aliphatic heterocycles. The molecule has 0 radical (unpaired) electrons. The topological polar surface area (TPSA) is 12.4 Å². The predicted molar refractivity (Wildman–Crippen MR) is 90.4 cm³/mol. The van der Waals surface area contributed by atoms with Crippen LogP contribution in [0.2, 0.25) is 0 Å².